The highest BCUT2D eigenvalue weighted by molar-refractivity contribution is 7.98. The summed E-state index contributed by atoms with van der Waals surface area (Å²) in [6, 6.07) is 15.8. The number of aromatic nitrogens is 3. The van der Waals surface area contributed by atoms with Gasteiger partial charge in [-0.05, 0) is 36.1 Å². The molecule has 0 aliphatic heterocycles. The zero-order valence-corrected chi connectivity index (χ0v) is 15.7. The molecule has 0 saturated heterocycles. The maximum Gasteiger partial charge on any atom is 0.408 e. The monoisotopic (exact) mass is 384 g/mol. The van der Waals surface area contributed by atoms with Crippen LogP contribution in [0.25, 0.3) is 11.0 Å². The number of amides is 1. The Morgan fingerprint density at radius 1 is 1.15 bits per heavy atom. The first-order valence-corrected chi connectivity index (χ1v) is 9.89. The average molecular weight is 384 g/mol. The Bertz CT molecular complexity index is 913. The summed E-state index contributed by atoms with van der Waals surface area (Å²) in [6.07, 6.45) is 1.78. The van der Waals surface area contributed by atoms with Crippen molar-refractivity contribution in [2.24, 2.45) is 0 Å². The summed E-state index contributed by atoms with van der Waals surface area (Å²) in [7, 11) is 0. The van der Waals surface area contributed by atoms with E-state index in [4.69, 9.17) is 4.74 Å². The van der Waals surface area contributed by atoms with Gasteiger partial charge in [-0.25, -0.2) is 4.79 Å². The van der Waals surface area contributed by atoms with Gasteiger partial charge in [-0.1, -0.05) is 47.7 Å². The highest BCUT2D eigenvalue weighted by atomic mass is 32.2. The van der Waals surface area contributed by atoms with E-state index in [1.165, 1.54) is 4.68 Å². The normalized spacial score (nSPS) is 11.9. The third kappa shape index (κ3) is 4.85. The Hall–Kier alpha value is -2.87. The smallest absolute Gasteiger partial charge is 0.408 e. The average Bonchev–Trinajstić information content (AvgIpc) is 3.14. The van der Waals surface area contributed by atoms with Gasteiger partial charge in [-0.15, -0.1) is 5.10 Å². The number of hydrogen-bond acceptors (Lipinski definition) is 6. The minimum Gasteiger partial charge on any atom is -0.445 e. The van der Waals surface area contributed by atoms with Gasteiger partial charge in [0, 0.05) is 0 Å². The van der Waals surface area contributed by atoms with Crippen LogP contribution in [0.4, 0.5) is 4.79 Å². The first kappa shape index (κ1) is 18.9. The lowest BCUT2D eigenvalue weighted by atomic mass is 10.2. The number of benzene rings is 2. The third-order valence-corrected chi connectivity index (χ3v) is 4.62. The van der Waals surface area contributed by atoms with Crippen molar-refractivity contribution in [2.75, 3.05) is 12.0 Å². The fraction of sp³-hybridized carbons (Fsp3) is 0.263. The Kier molecular flexibility index (Phi) is 6.43. The molecule has 0 saturated carbocycles. The Morgan fingerprint density at radius 2 is 1.89 bits per heavy atom. The van der Waals surface area contributed by atoms with Crippen molar-refractivity contribution in [3.8, 4) is 0 Å². The molecule has 0 radical (unpaired) electrons. The van der Waals surface area contributed by atoms with Gasteiger partial charge in [-0.3, -0.25) is 4.79 Å². The molecular formula is C19H20N4O3S. The molecule has 1 heterocycles. The number of nitrogens with zero attached hydrogens (tertiary/aromatic N) is 3. The van der Waals surface area contributed by atoms with Crippen LogP contribution in [-0.2, 0) is 11.3 Å². The summed E-state index contributed by atoms with van der Waals surface area (Å²) in [6.45, 7) is 0.141. The van der Waals surface area contributed by atoms with Crippen LogP contribution >= 0.6 is 11.8 Å². The number of thioether (sulfide) groups is 1. The van der Waals surface area contributed by atoms with Gasteiger partial charge in [0.05, 0.1) is 5.52 Å². The number of nitrogens with one attached hydrogen (secondary N) is 1. The molecule has 0 aliphatic rings. The predicted molar refractivity (Wildman–Crippen MR) is 105 cm³/mol. The summed E-state index contributed by atoms with van der Waals surface area (Å²) in [5, 5.41) is 10.6. The van der Waals surface area contributed by atoms with Crippen molar-refractivity contribution in [3.63, 3.8) is 0 Å². The minimum atomic E-state index is -0.745. The number of rotatable bonds is 7. The number of fused-ring (bicyclic) bond motifs is 1. The van der Waals surface area contributed by atoms with Crippen molar-refractivity contribution in [3.05, 3.63) is 60.2 Å². The van der Waals surface area contributed by atoms with E-state index in [-0.39, 0.29) is 12.5 Å². The van der Waals surface area contributed by atoms with Crippen LogP contribution in [0.15, 0.2) is 54.6 Å². The number of hydrogen-bond donors (Lipinski definition) is 1. The summed E-state index contributed by atoms with van der Waals surface area (Å²) < 4.78 is 6.47. The number of ether oxygens (including phenoxy) is 1. The molecule has 0 bridgehead atoms. The number of carbonyl (C=O) groups excluding carboxylic acids is 2. The molecule has 8 heteroatoms. The van der Waals surface area contributed by atoms with Crippen LogP contribution in [0, 0.1) is 0 Å². The van der Waals surface area contributed by atoms with Crippen LogP contribution in [0.3, 0.4) is 0 Å². The molecule has 140 valence electrons. The molecule has 0 unspecified atom stereocenters. The van der Waals surface area contributed by atoms with Gasteiger partial charge in [0.25, 0.3) is 5.91 Å². The van der Waals surface area contributed by atoms with Crippen molar-refractivity contribution in [1.29, 1.82) is 0 Å². The van der Waals surface area contributed by atoms with E-state index in [0.29, 0.717) is 23.2 Å². The zero-order chi connectivity index (χ0) is 19.1. The molecule has 3 rings (SSSR count). The van der Waals surface area contributed by atoms with E-state index < -0.39 is 12.1 Å². The molecule has 1 aromatic heterocycles. The van der Waals surface area contributed by atoms with Gasteiger partial charge in [0.15, 0.2) is 0 Å². The van der Waals surface area contributed by atoms with Crippen LogP contribution in [0.1, 0.15) is 16.8 Å². The number of carbonyl (C=O) groups is 2. The second kappa shape index (κ2) is 9.18. The van der Waals surface area contributed by atoms with Crippen LogP contribution < -0.4 is 5.32 Å². The standard InChI is InChI=1S/C19H20N4O3S/c1-27-12-11-16(20-19(25)26-13-14-7-3-2-4-8-14)18(24)23-17-10-6-5-9-15(17)21-22-23/h2-10,16H,11-13H2,1H3,(H,20,25)/t16-/m1/s1. The van der Waals surface area contributed by atoms with E-state index in [0.717, 1.165) is 5.56 Å². The number of alkyl carbamates (subject to hydrolysis) is 1. The van der Waals surface area contributed by atoms with Crippen molar-refractivity contribution < 1.29 is 14.3 Å². The Balaban J connectivity index is 1.69. The number of para-hydroxylation sites is 1. The van der Waals surface area contributed by atoms with E-state index in [9.17, 15) is 9.59 Å². The summed E-state index contributed by atoms with van der Waals surface area (Å²) in [5.74, 6) is 0.372. The second-order valence-electron chi connectivity index (χ2n) is 5.87. The third-order valence-electron chi connectivity index (χ3n) is 3.97. The molecule has 7 nitrogen and oxygen atoms in total. The Labute approximate surface area is 161 Å². The zero-order valence-electron chi connectivity index (χ0n) is 14.9. The largest absolute Gasteiger partial charge is 0.445 e. The fourth-order valence-electron chi connectivity index (χ4n) is 2.58. The van der Waals surface area contributed by atoms with Crippen molar-refractivity contribution >= 4 is 34.8 Å². The highest BCUT2D eigenvalue weighted by Crippen LogP contribution is 2.12. The fourth-order valence-corrected chi connectivity index (χ4v) is 3.05. The first-order valence-electron chi connectivity index (χ1n) is 8.50. The van der Waals surface area contributed by atoms with E-state index in [2.05, 4.69) is 15.6 Å². The van der Waals surface area contributed by atoms with Gasteiger partial charge >= 0.3 is 6.09 Å². The SMILES string of the molecule is CSCC[C@@H](NC(=O)OCc1ccccc1)C(=O)n1nnc2ccccc21. The Morgan fingerprint density at radius 3 is 2.67 bits per heavy atom. The summed E-state index contributed by atoms with van der Waals surface area (Å²) in [4.78, 5) is 25.1. The maximum atomic E-state index is 12.9. The molecule has 1 amide bonds. The maximum absolute atomic E-state index is 12.9. The molecule has 3 aromatic rings. The molecule has 1 N–H and O–H groups in total. The second-order valence-corrected chi connectivity index (χ2v) is 6.85. The first-order chi connectivity index (χ1) is 13.2. The molecular weight excluding hydrogens is 364 g/mol. The topological polar surface area (TPSA) is 86.1 Å². The molecule has 0 spiro atoms. The van der Waals surface area contributed by atoms with Crippen LogP contribution in [-0.4, -0.2) is 45.0 Å². The van der Waals surface area contributed by atoms with E-state index >= 15 is 0 Å². The quantitative estimate of drug-likeness (QED) is 0.674. The van der Waals surface area contributed by atoms with Crippen molar-refractivity contribution in [2.45, 2.75) is 19.1 Å². The van der Waals surface area contributed by atoms with Crippen LogP contribution in [0.2, 0.25) is 0 Å². The lowest BCUT2D eigenvalue weighted by molar-refractivity contribution is 0.0822. The lowest BCUT2D eigenvalue weighted by Crippen LogP contribution is -2.44. The predicted octanol–water partition coefficient (Wildman–Crippen LogP) is 3.12. The summed E-state index contributed by atoms with van der Waals surface area (Å²) >= 11 is 1.60. The van der Waals surface area contributed by atoms with Gasteiger partial charge in [0.2, 0.25) is 0 Å². The molecule has 0 aliphatic carbocycles. The highest BCUT2D eigenvalue weighted by Gasteiger charge is 2.25. The van der Waals surface area contributed by atoms with E-state index in [1.54, 1.807) is 23.9 Å². The van der Waals surface area contributed by atoms with E-state index in [1.807, 2.05) is 48.7 Å². The molecule has 0 fully saturated rings. The van der Waals surface area contributed by atoms with Crippen LogP contribution in [0.5, 0.6) is 0 Å². The minimum absolute atomic E-state index is 0.141. The van der Waals surface area contributed by atoms with Gasteiger partial charge in [0.1, 0.15) is 18.2 Å². The lowest BCUT2D eigenvalue weighted by Gasteiger charge is -2.17. The molecule has 27 heavy (non-hydrogen) atoms. The summed E-state index contributed by atoms with van der Waals surface area (Å²) in [5.41, 5.74) is 2.11. The van der Waals surface area contributed by atoms with Crippen molar-refractivity contribution in [1.82, 2.24) is 20.3 Å². The van der Waals surface area contributed by atoms with Gasteiger partial charge < -0.3 is 10.1 Å². The van der Waals surface area contributed by atoms with Gasteiger partial charge in [-0.2, -0.15) is 16.4 Å². The molecule has 2 aromatic carbocycles. The molecule has 1 atom stereocenters.